The lowest BCUT2D eigenvalue weighted by molar-refractivity contribution is 0.0974. The molecule has 182 valence electrons. The molecule has 1 aliphatic rings. The SMILES string of the molecule is COc1ccc([C@@H]2Nc3ccccc3C(=O)N2c2ccccc2F)cc1COc1cccc(C)c1C. The van der Waals surface area contributed by atoms with Crippen molar-refractivity contribution in [1.82, 2.24) is 0 Å². The third-order valence-corrected chi connectivity index (χ3v) is 6.60. The minimum atomic E-state index is -0.630. The van der Waals surface area contributed by atoms with Crippen molar-refractivity contribution in [2.45, 2.75) is 26.6 Å². The van der Waals surface area contributed by atoms with Gasteiger partial charge >= 0.3 is 0 Å². The molecule has 0 aromatic heterocycles. The smallest absolute Gasteiger partial charge is 0.262 e. The van der Waals surface area contributed by atoms with E-state index in [1.807, 2.05) is 62.4 Å². The fourth-order valence-electron chi connectivity index (χ4n) is 4.50. The molecule has 1 atom stereocenters. The van der Waals surface area contributed by atoms with Crippen molar-refractivity contribution in [3.05, 3.63) is 119 Å². The van der Waals surface area contributed by atoms with Crippen LogP contribution in [-0.2, 0) is 6.61 Å². The van der Waals surface area contributed by atoms with Crippen molar-refractivity contribution in [3.63, 3.8) is 0 Å². The third-order valence-electron chi connectivity index (χ3n) is 6.60. The van der Waals surface area contributed by atoms with Crippen LogP contribution in [0.2, 0.25) is 0 Å². The number of nitrogens with zero attached hydrogens (tertiary/aromatic N) is 1. The number of para-hydroxylation sites is 2. The highest BCUT2D eigenvalue weighted by molar-refractivity contribution is 6.12. The number of hydrogen-bond donors (Lipinski definition) is 1. The molecule has 1 aliphatic heterocycles. The maximum atomic E-state index is 14.9. The number of fused-ring (bicyclic) bond motifs is 1. The first-order chi connectivity index (χ1) is 17.5. The van der Waals surface area contributed by atoms with Gasteiger partial charge in [0.15, 0.2) is 0 Å². The number of methoxy groups -OCH3 is 1. The Labute approximate surface area is 210 Å². The Bertz CT molecular complexity index is 1440. The van der Waals surface area contributed by atoms with Crippen LogP contribution in [0.5, 0.6) is 11.5 Å². The Morgan fingerprint density at radius 2 is 1.69 bits per heavy atom. The molecule has 0 bridgehead atoms. The molecule has 4 aromatic rings. The molecule has 0 radical (unpaired) electrons. The van der Waals surface area contributed by atoms with Crippen LogP contribution in [0.25, 0.3) is 0 Å². The first kappa shape index (κ1) is 23.4. The van der Waals surface area contributed by atoms with Gasteiger partial charge in [-0.3, -0.25) is 9.69 Å². The summed E-state index contributed by atoms with van der Waals surface area (Å²) in [4.78, 5) is 15.1. The number of hydrogen-bond acceptors (Lipinski definition) is 4. The van der Waals surface area contributed by atoms with E-state index in [2.05, 4.69) is 5.32 Å². The predicted octanol–water partition coefficient (Wildman–Crippen LogP) is 6.80. The lowest BCUT2D eigenvalue weighted by Gasteiger charge is -2.38. The highest BCUT2D eigenvalue weighted by atomic mass is 19.1. The molecule has 0 saturated heterocycles. The number of anilines is 2. The molecule has 0 fully saturated rings. The second-order valence-electron chi connectivity index (χ2n) is 8.78. The highest BCUT2D eigenvalue weighted by Gasteiger charge is 2.35. The standard InChI is InChI=1S/C30H27FN2O3/c1-19-9-8-14-27(20(19)2)36-18-22-17-21(15-16-28(22)35-3)29-32-25-12-6-4-10-23(25)30(34)33(29)26-13-7-5-11-24(26)31/h4-17,29,32H,18H2,1-3H3/t29-/m1/s1. The number of rotatable bonds is 6. The molecular weight excluding hydrogens is 455 g/mol. The van der Waals surface area contributed by atoms with E-state index in [1.165, 1.54) is 11.0 Å². The molecule has 4 aromatic carbocycles. The fourth-order valence-corrected chi connectivity index (χ4v) is 4.50. The summed E-state index contributed by atoms with van der Waals surface area (Å²) >= 11 is 0. The zero-order valence-corrected chi connectivity index (χ0v) is 20.4. The fraction of sp³-hybridized carbons (Fsp3) is 0.167. The van der Waals surface area contributed by atoms with Gasteiger partial charge in [0.05, 0.1) is 18.4 Å². The molecule has 6 heteroatoms. The molecule has 0 saturated carbocycles. The molecule has 36 heavy (non-hydrogen) atoms. The maximum absolute atomic E-state index is 14.9. The maximum Gasteiger partial charge on any atom is 0.262 e. The number of amides is 1. The molecule has 5 nitrogen and oxygen atoms in total. The van der Waals surface area contributed by atoms with Crippen LogP contribution < -0.4 is 19.7 Å². The lowest BCUT2D eigenvalue weighted by Crippen LogP contribution is -2.43. The van der Waals surface area contributed by atoms with Gasteiger partial charge in [-0.05, 0) is 73.0 Å². The normalized spacial score (nSPS) is 14.7. The van der Waals surface area contributed by atoms with E-state index in [-0.39, 0.29) is 18.2 Å². The van der Waals surface area contributed by atoms with Gasteiger partial charge in [-0.25, -0.2) is 4.39 Å². The summed E-state index contributed by atoms with van der Waals surface area (Å²) in [7, 11) is 1.61. The minimum Gasteiger partial charge on any atom is -0.496 e. The first-order valence-electron chi connectivity index (χ1n) is 11.8. The zero-order valence-electron chi connectivity index (χ0n) is 20.4. The van der Waals surface area contributed by atoms with Crippen molar-refractivity contribution >= 4 is 17.3 Å². The summed E-state index contributed by atoms with van der Waals surface area (Å²) < 4.78 is 26.7. The quantitative estimate of drug-likeness (QED) is 0.328. The van der Waals surface area contributed by atoms with Gasteiger partial charge in [-0.2, -0.15) is 0 Å². The van der Waals surface area contributed by atoms with E-state index in [4.69, 9.17) is 9.47 Å². The van der Waals surface area contributed by atoms with Gasteiger partial charge in [-0.1, -0.05) is 42.5 Å². The van der Waals surface area contributed by atoms with Gasteiger partial charge in [0.25, 0.3) is 5.91 Å². The number of aryl methyl sites for hydroxylation is 1. The molecule has 0 aliphatic carbocycles. The number of halogens is 1. The Morgan fingerprint density at radius 3 is 2.50 bits per heavy atom. The van der Waals surface area contributed by atoms with E-state index in [1.54, 1.807) is 37.4 Å². The highest BCUT2D eigenvalue weighted by Crippen LogP contribution is 2.39. The molecule has 1 heterocycles. The number of nitrogens with one attached hydrogen (secondary N) is 1. The van der Waals surface area contributed by atoms with Crippen LogP contribution in [0.3, 0.4) is 0 Å². The molecular formula is C30H27FN2O3. The van der Waals surface area contributed by atoms with Crippen LogP contribution in [0.4, 0.5) is 15.8 Å². The molecule has 0 spiro atoms. The Morgan fingerprint density at radius 1 is 0.917 bits per heavy atom. The number of ether oxygens (including phenoxy) is 2. The van der Waals surface area contributed by atoms with Crippen molar-refractivity contribution in [2.75, 3.05) is 17.3 Å². The van der Waals surface area contributed by atoms with Crippen molar-refractivity contribution in [3.8, 4) is 11.5 Å². The van der Waals surface area contributed by atoms with E-state index >= 15 is 0 Å². The lowest BCUT2D eigenvalue weighted by atomic mass is 10.0. The summed E-state index contributed by atoms with van der Waals surface area (Å²) in [6.45, 7) is 4.35. The predicted molar refractivity (Wildman–Crippen MR) is 139 cm³/mol. The number of carbonyl (C=O) groups is 1. The number of benzene rings is 4. The summed E-state index contributed by atoms with van der Waals surface area (Å²) in [5.74, 6) is 0.729. The number of carbonyl (C=O) groups excluding carboxylic acids is 1. The second-order valence-corrected chi connectivity index (χ2v) is 8.78. The van der Waals surface area contributed by atoms with Crippen molar-refractivity contribution in [2.24, 2.45) is 0 Å². The van der Waals surface area contributed by atoms with E-state index < -0.39 is 12.0 Å². The van der Waals surface area contributed by atoms with Gasteiger partial charge < -0.3 is 14.8 Å². The second kappa shape index (κ2) is 9.74. The first-order valence-corrected chi connectivity index (χ1v) is 11.8. The van der Waals surface area contributed by atoms with Gasteiger partial charge in [0.1, 0.15) is 30.1 Å². The molecule has 1 N–H and O–H groups in total. The monoisotopic (exact) mass is 482 g/mol. The van der Waals surface area contributed by atoms with E-state index in [0.717, 1.165) is 28.0 Å². The van der Waals surface area contributed by atoms with Gasteiger partial charge in [-0.15, -0.1) is 0 Å². The zero-order chi connectivity index (χ0) is 25.2. The molecule has 5 rings (SSSR count). The summed E-state index contributed by atoms with van der Waals surface area (Å²) in [6.07, 6.45) is -0.630. The summed E-state index contributed by atoms with van der Waals surface area (Å²) in [6, 6.07) is 25.2. The van der Waals surface area contributed by atoms with Crippen LogP contribution >= 0.6 is 0 Å². The van der Waals surface area contributed by atoms with Crippen molar-refractivity contribution in [1.29, 1.82) is 0 Å². The molecule has 0 unspecified atom stereocenters. The Kier molecular flexibility index (Phi) is 6.34. The Balaban J connectivity index is 1.55. The Hall–Kier alpha value is -4.32. The van der Waals surface area contributed by atoms with Crippen LogP contribution in [0.15, 0.2) is 84.9 Å². The third kappa shape index (κ3) is 4.26. The van der Waals surface area contributed by atoms with Gasteiger partial charge in [0.2, 0.25) is 0 Å². The summed E-state index contributed by atoms with van der Waals surface area (Å²) in [5.41, 5.74) is 5.22. The average molecular weight is 483 g/mol. The van der Waals surface area contributed by atoms with Gasteiger partial charge in [0, 0.05) is 11.3 Å². The minimum absolute atomic E-state index is 0.207. The largest absolute Gasteiger partial charge is 0.496 e. The molecule has 1 amide bonds. The van der Waals surface area contributed by atoms with Crippen LogP contribution in [-0.4, -0.2) is 13.0 Å². The van der Waals surface area contributed by atoms with Crippen LogP contribution in [0.1, 0.15) is 38.8 Å². The average Bonchev–Trinajstić information content (AvgIpc) is 2.90. The van der Waals surface area contributed by atoms with Crippen molar-refractivity contribution < 1.29 is 18.7 Å². The van der Waals surface area contributed by atoms with E-state index in [0.29, 0.717) is 17.0 Å². The topological polar surface area (TPSA) is 50.8 Å². The van der Waals surface area contributed by atoms with Crippen LogP contribution in [0, 0.1) is 19.7 Å². The van der Waals surface area contributed by atoms with E-state index in [9.17, 15) is 9.18 Å². The summed E-state index contributed by atoms with van der Waals surface area (Å²) in [5, 5.41) is 3.43.